The summed E-state index contributed by atoms with van der Waals surface area (Å²) in [5, 5.41) is 0. The lowest BCUT2D eigenvalue weighted by Crippen LogP contribution is -2.30. The van der Waals surface area contributed by atoms with Crippen LogP contribution in [-0.4, -0.2) is 37.2 Å². The zero-order valence-corrected chi connectivity index (χ0v) is 47.1. The summed E-state index contributed by atoms with van der Waals surface area (Å²) in [6.45, 7) is 6.62. The molecule has 0 fully saturated rings. The Bertz CT molecular complexity index is 1170. The Morgan fingerprint density at radius 3 is 0.829 bits per heavy atom. The first-order chi connectivity index (χ1) is 34.5. The van der Waals surface area contributed by atoms with E-state index in [0.717, 1.165) is 77.0 Å². The largest absolute Gasteiger partial charge is 0.462 e. The number of hydrogen-bond donors (Lipinski definition) is 0. The van der Waals surface area contributed by atoms with Gasteiger partial charge in [0.05, 0.1) is 0 Å². The number of carbonyl (C=O) groups is 3. The Balaban J connectivity index is 4.14. The predicted octanol–water partition coefficient (Wildman–Crippen LogP) is 20.8. The van der Waals surface area contributed by atoms with Crippen molar-refractivity contribution in [3.63, 3.8) is 0 Å². The molecule has 0 heterocycles. The molecule has 0 saturated heterocycles. The summed E-state index contributed by atoms with van der Waals surface area (Å²) in [7, 11) is 0. The number of carbonyl (C=O) groups excluding carboxylic acids is 3. The van der Waals surface area contributed by atoms with Crippen LogP contribution in [0.2, 0.25) is 0 Å². The second-order valence-electron chi connectivity index (χ2n) is 21.0. The third kappa shape index (κ3) is 56.5. The molecule has 0 aliphatic rings. The van der Waals surface area contributed by atoms with Crippen molar-refractivity contribution in [2.24, 2.45) is 0 Å². The average Bonchev–Trinajstić information content (AvgIpc) is 3.36. The summed E-state index contributed by atoms with van der Waals surface area (Å²) in [4.78, 5) is 38.1. The van der Waals surface area contributed by atoms with Crippen LogP contribution in [0.15, 0.2) is 36.5 Å². The van der Waals surface area contributed by atoms with Crippen LogP contribution in [0.25, 0.3) is 0 Å². The van der Waals surface area contributed by atoms with Crippen LogP contribution < -0.4 is 0 Å². The van der Waals surface area contributed by atoms with E-state index in [1.165, 1.54) is 218 Å². The molecular formula is C64H118O6. The van der Waals surface area contributed by atoms with Gasteiger partial charge in [-0.25, -0.2) is 0 Å². The Morgan fingerprint density at radius 1 is 0.286 bits per heavy atom. The van der Waals surface area contributed by atoms with Gasteiger partial charge in [0, 0.05) is 19.3 Å². The summed E-state index contributed by atoms with van der Waals surface area (Å²) < 4.78 is 16.8. The highest BCUT2D eigenvalue weighted by Crippen LogP contribution is 2.17. The molecule has 0 saturated carbocycles. The van der Waals surface area contributed by atoms with E-state index >= 15 is 0 Å². The number of ether oxygens (including phenoxy) is 3. The monoisotopic (exact) mass is 983 g/mol. The lowest BCUT2D eigenvalue weighted by molar-refractivity contribution is -0.167. The van der Waals surface area contributed by atoms with Crippen LogP contribution in [0.4, 0.5) is 0 Å². The average molecular weight is 984 g/mol. The van der Waals surface area contributed by atoms with Crippen molar-refractivity contribution in [1.82, 2.24) is 0 Å². The summed E-state index contributed by atoms with van der Waals surface area (Å²) in [6.07, 6.45) is 71.7. The van der Waals surface area contributed by atoms with E-state index < -0.39 is 6.10 Å². The fraction of sp³-hybridized carbons (Fsp3) is 0.859. The van der Waals surface area contributed by atoms with Gasteiger partial charge in [0.2, 0.25) is 0 Å². The number of hydrogen-bond acceptors (Lipinski definition) is 6. The van der Waals surface area contributed by atoms with Crippen LogP contribution in [0, 0.1) is 0 Å². The molecule has 1 unspecified atom stereocenters. The number of unbranched alkanes of at least 4 members (excludes halogenated alkanes) is 40. The minimum atomic E-state index is -0.774. The fourth-order valence-corrected chi connectivity index (χ4v) is 9.22. The Hall–Kier alpha value is -2.37. The maximum absolute atomic E-state index is 12.8. The maximum atomic E-state index is 12.8. The predicted molar refractivity (Wildman–Crippen MR) is 302 cm³/mol. The fourth-order valence-electron chi connectivity index (χ4n) is 9.22. The van der Waals surface area contributed by atoms with Crippen molar-refractivity contribution in [1.29, 1.82) is 0 Å². The van der Waals surface area contributed by atoms with E-state index in [1.54, 1.807) is 0 Å². The van der Waals surface area contributed by atoms with Crippen molar-refractivity contribution in [2.45, 2.75) is 341 Å². The summed E-state index contributed by atoms with van der Waals surface area (Å²) in [5.74, 6) is -0.871. The first-order valence-corrected chi connectivity index (χ1v) is 31.0. The van der Waals surface area contributed by atoms with Gasteiger partial charge < -0.3 is 14.2 Å². The molecule has 410 valence electrons. The summed E-state index contributed by atoms with van der Waals surface area (Å²) >= 11 is 0. The Kier molecular flexibility index (Phi) is 57.2. The van der Waals surface area contributed by atoms with E-state index in [1.807, 2.05) is 0 Å². The highest BCUT2D eigenvalue weighted by molar-refractivity contribution is 5.71. The highest BCUT2D eigenvalue weighted by atomic mass is 16.6. The van der Waals surface area contributed by atoms with E-state index in [9.17, 15) is 14.4 Å². The number of esters is 3. The molecule has 0 aromatic rings. The van der Waals surface area contributed by atoms with E-state index in [-0.39, 0.29) is 31.1 Å². The molecule has 0 spiro atoms. The molecular weight excluding hydrogens is 865 g/mol. The topological polar surface area (TPSA) is 78.9 Å². The SMILES string of the molecule is CCCCC/C=C\C/C=C\C/C=C\CCCCCCCCC(=O)OC(COC(=O)CCCCCCCCCC)COC(=O)CCCCCCCCCCCCCCCCCCCCCCCCCCC. The third-order valence-electron chi connectivity index (χ3n) is 13.9. The molecule has 70 heavy (non-hydrogen) atoms. The van der Waals surface area contributed by atoms with E-state index in [4.69, 9.17) is 14.2 Å². The van der Waals surface area contributed by atoms with Gasteiger partial charge in [0.15, 0.2) is 6.10 Å². The van der Waals surface area contributed by atoms with Gasteiger partial charge in [-0.05, 0) is 57.8 Å². The van der Waals surface area contributed by atoms with Crippen LogP contribution in [0.5, 0.6) is 0 Å². The summed E-state index contributed by atoms with van der Waals surface area (Å²) in [6, 6.07) is 0. The molecule has 0 aromatic carbocycles. The molecule has 0 aromatic heterocycles. The smallest absolute Gasteiger partial charge is 0.306 e. The van der Waals surface area contributed by atoms with Crippen LogP contribution in [-0.2, 0) is 28.6 Å². The maximum Gasteiger partial charge on any atom is 0.306 e. The van der Waals surface area contributed by atoms with Gasteiger partial charge >= 0.3 is 17.9 Å². The van der Waals surface area contributed by atoms with Crippen molar-refractivity contribution in [3.05, 3.63) is 36.5 Å². The molecule has 0 N–H and O–H groups in total. The van der Waals surface area contributed by atoms with Crippen LogP contribution >= 0.6 is 0 Å². The quantitative estimate of drug-likeness (QED) is 0.0261. The first kappa shape index (κ1) is 67.6. The molecule has 0 rings (SSSR count). The molecule has 0 bridgehead atoms. The van der Waals surface area contributed by atoms with Gasteiger partial charge in [0.1, 0.15) is 13.2 Å². The molecule has 0 radical (unpaired) electrons. The molecule has 6 nitrogen and oxygen atoms in total. The van der Waals surface area contributed by atoms with Gasteiger partial charge in [0.25, 0.3) is 0 Å². The molecule has 0 aliphatic heterocycles. The lowest BCUT2D eigenvalue weighted by atomic mass is 10.0. The standard InChI is InChI=1S/C64H118O6/c1-4-7-10-13-16-19-21-23-25-27-29-30-31-32-33-34-36-37-39-41-43-45-48-51-54-57-63(66)69-60-61(59-68-62(65)56-53-50-47-18-15-12-9-6-3)70-64(67)58-55-52-49-46-44-42-40-38-35-28-26-24-22-20-17-14-11-8-5-2/h17,20,24,26,35,38,61H,4-16,18-19,21-23,25,27-34,36-37,39-60H2,1-3H3/b20-17-,26-24-,38-35-. The molecule has 0 aliphatic carbocycles. The van der Waals surface area contributed by atoms with Crippen LogP contribution in [0.1, 0.15) is 335 Å². The number of rotatable bonds is 57. The van der Waals surface area contributed by atoms with E-state index in [0.29, 0.717) is 19.3 Å². The van der Waals surface area contributed by atoms with Gasteiger partial charge in [-0.15, -0.1) is 0 Å². The van der Waals surface area contributed by atoms with Crippen molar-refractivity contribution in [2.75, 3.05) is 13.2 Å². The molecule has 1 atom stereocenters. The second-order valence-corrected chi connectivity index (χ2v) is 21.0. The van der Waals surface area contributed by atoms with Crippen molar-refractivity contribution >= 4 is 17.9 Å². The zero-order valence-electron chi connectivity index (χ0n) is 47.1. The van der Waals surface area contributed by atoms with Crippen LogP contribution in [0.3, 0.4) is 0 Å². The normalized spacial score (nSPS) is 12.2. The third-order valence-corrected chi connectivity index (χ3v) is 13.9. The second kappa shape index (κ2) is 59.2. The Morgan fingerprint density at radius 2 is 0.514 bits per heavy atom. The Labute approximate surface area is 435 Å². The van der Waals surface area contributed by atoms with Crippen molar-refractivity contribution in [3.8, 4) is 0 Å². The number of allylic oxidation sites excluding steroid dienone is 6. The molecule has 0 amide bonds. The highest BCUT2D eigenvalue weighted by Gasteiger charge is 2.19. The summed E-state index contributed by atoms with van der Waals surface area (Å²) in [5.41, 5.74) is 0. The van der Waals surface area contributed by atoms with Gasteiger partial charge in [-0.2, -0.15) is 0 Å². The molecule has 6 heteroatoms. The first-order valence-electron chi connectivity index (χ1n) is 31.0. The lowest BCUT2D eigenvalue weighted by Gasteiger charge is -2.18. The minimum absolute atomic E-state index is 0.0731. The van der Waals surface area contributed by atoms with Gasteiger partial charge in [-0.3, -0.25) is 14.4 Å². The minimum Gasteiger partial charge on any atom is -0.462 e. The van der Waals surface area contributed by atoms with Gasteiger partial charge in [-0.1, -0.05) is 295 Å². The van der Waals surface area contributed by atoms with Crippen molar-refractivity contribution < 1.29 is 28.6 Å². The zero-order chi connectivity index (χ0) is 50.7. The van der Waals surface area contributed by atoms with E-state index in [2.05, 4.69) is 57.2 Å².